The Morgan fingerprint density at radius 3 is 2.29 bits per heavy atom. The fourth-order valence-electron chi connectivity index (χ4n) is 2.69. The summed E-state index contributed by atoms with van der Waals surface area (Å²) in [5.74, 6) is 0.774. The number of rotatable bonds is 3. The van der Waals surface area contributed by atoms with Crippen molar-refractivity contribution >= 4 is 5.78 Å². The summed E-state index contributed by atoms with van der Waals surface area (Å²) in [6.07, 6.45) is 1.79. The Morgan fingerprint density at radius 1 is 1.14 bits per heavy atom. The molecule has 1 aromatic carbocycles. The number of Topliss-reactive ketones (excluding diaryl/α,β-unsaturated/α-hetero) is 1. The molecule has 0 bridgehead atoms. The fourth-order valence-corrected chi connectivity index (χ4v) is 2.69. The van der Waals surface area contributed by atoms with Crippen LogP contribution in [0.4, 0.5) is 0 Å². The van der Waals surface area contributed by atoms with Gasteiger partial charge in [0.1, 0.15) is 5.78 Å². The summed E-state index contributed by atoms with van der Waals surface area (Å²) in [6.45, 7) is 15.0. The highest BCUT2D eigenvalue weighted by Crippen LogP contribution is 2.30. The third-order valence-electron chi connectivity index (χ3n) is 3.81. The zero-order chi connectivity index (χ0) is 16.4. The number of nitrogens with one attached hydrogen (secondary N) is 1. The topological polar surface area (TPSA) is 29.1 Å². The Balaban J connectivity index is 0.000000921. The van der Waals surface area contributed by atoms with Crippen LogP contribution >= 0.6 is 0 Å². The van der Waals surface area contributed by atoms with Gasteiger partial charge in [0.15, 0.2) is 0 Å². The summed E-state index contributed by atoms with van der Waals surface area (Å²) in [6, 6.07) is 7.01. The summed E-state index contributed by atoms with van der Waals surface area (Å²) in [4.78, 5) is 11.3. The molecule has 1 fully saturated rings. The van der Waals surface area contributed by atoms with E-state index in [4.69, 9.17) is 0 Å². The molecular weight excluding hydrogens is 258 g/mol. The maximum atomic E-state index is 11.3. The Morgan fingerprint density at radius 2 is 1.76 bits per heavy atom. The molecule has 1 N–H and O–H groups in total. The Labute approximate surface area is 131 Å². The largest absolute Gasteiger partial charge is 0.313 e. The van der Waals surface area contributed by atoms with Crippen LogP contribution in [0.2, 0.25) is 0 Å². The van der Waals surface area contributed by atoms with Crippen molar-refractivity contribution in [1.82, 2.24) is 5.32 Å². The van der Waals surface area contributed by atoms with E-state index in [9.17, 15) is 4.79 Å². The molecule has 2 nitrogen and oxygen atoms in total. The molecule has 2 atom stereocenters. The van der Waals surface area contributed by atoms with Crippen LogP contribution in [0.15, 0.2) is 18.2 Å². The number of hydrogen-bond acceptors (Lipinski definition) is 2. The highest BCUT2D eigenvalue weighted by molar-refractivity contribution is 5.76. The van der Waals surface area contributed by atoms with Gasteiger partial charge >= 0.3 is 0 Å². The van der Waals surface area contributed by atoms with Crippen molar-refractivity contribution in [1.29, 1.82) is 0 Å². The highest BCUT2D eigenvalue weighted by Gasteiger charge is 2.28. The van der Waals surface area contributed by atoms with Crippen LogP contribution < -0.4 is 5.32 Å². The van der Waals surface area contributed by atoms with Gasteiger partial charge in [-0.15, -0.1) is 0 Å². The van der Waals surface area contributed by atoms with E-state index in [1.54, 1.807) is 6.92 Å². The Hall–Kier alpha value is -1.15. The second-order valence-corrected chi connectivity index (χ2v) is 5.21. The summed E-state index contributed by atoms with van der Waals surface area (Å²) in [7, 11) is 0. The molecule has 1 saturated heterocycles. The van der Waals surface area contributed by atoms with Crippen LogP contribution in [0.3, 0.4) is 0 Å². The van der Waals surface area contributed by atoms with Gasteiger partial charge in [-0.3, -0.25) is 4.79 Å². The molecule has 1 heterocycles. The first-order valence-electron chi connectivity index (χ1n) is 8.38. The summed E-state index contributed by atoms with van der Waals surface area (Å²) in [5, 5.41) is 3.45. The predicted molar refractivity (Wildman–Crippen MR) is 93.1 cm³/mol. The van der Waals surface area contributed by atoms with Gasteiger partial charge in [0.25, 0.3) is 0 Å². The number of carbonyl (C=O) groups excluding carboxylic acids is 1. The van der Waals surface area contributed by atoms with Gasteiger partial charge in [-0.25, -0.2) is 0 Å². The average molecular weight is 291 g/mol. The van der Waals surface area contributed by atoms with Gasteiger partial charge in [-0.2, -0.15) is 0 Å². The molecule has 1 aromatic rings. The van der Waals surface area contributed by atoms with Crippen molar-refractivity contribution in [3.8, 4) is 0 Å². The lowest BCUT2D eigenvalue weighted by atomic mass is 9.88. The van der Waals surface area contributed by atoms with E-state index >= 15 is 0 Å². The van der Waals surface area contributed by atoms with E-state index in [1.165, 1.54) is 16.7 Å². The van der Waals surface area contributed by atoms with Crippen LogP contribution in [0.1, 0.15) is 70.1 Å². The minimum Gasteiger partial charge on any atom is -0.313 e. The van der Waals surface area contributed by atoms with Crippen LogP contribution in [0.5, 0.6) is 0 Å². The maximum Gasteiger partial charge on any atom is 0.131 e. The zero-order valence-corrected chi connectivity index (χ0v) is 14.9. The van der Waals surface area contributed by atoms with Crippen LogP contribution in [-0.4, -0.2) is 18.4 Å². The van der Waals surface area contributed by atoms with Crippen molar-refractivity contribution < 1.29 is 4.79 Å². The SMILES string of the molecule is CC.CC.CC(=O)CC1NCCC1c1ccc(C)c(C)c1. The van der Waals surface area contributed by atoms with E-state index in [2.05, 4.69) is 37.4 Å². The quantitative estimate of drug-likeness (QED) is 0.868. The third-order valence-corrected chi connectivity index (χ3v) is 3.81. The fraction of sp³-hybridized carbons (Fsp3) is 0.632. The predicted octanol–water partition coefficient (Wildman–Crippen LogP) is 4.78. The number of ketones is 1. The lowest BCUT2D eigenvalue weighted by Crippen LogP contribution is -2.28. The highest BCUT2D eigenvalue weighted by atomic mass is 16.1. The Bertz CT molecular complexity index is 426. The number of hydrogen-bond donors (Lipinski definition) is 1. The van der Waals surface area contributed by atoms with Crippen LogP contribution in [0, 0.1) is 13.8 Å². The summed E-state index contributed by atoms with van der Waals surface area (Å²) >= 11 is 0. The van der Waals surface area contributed by atoms with E-state index in [0.29, 0.717) is 18.4 Å². The van der Waals surface area contributed by atoms with E-state index < -0.39 is 0 Å². The molecule has 2 unspecified atom stereocenters. The second-order valence-electron chi connectivity index (χ2n) is 5.21. The van der Waals surface area contributed by atoms with Crippen LogP contribution in [0.25, 0.3) is 0 Å². The van der Waals surface area contributed by atoms with Crippen molar-refractivity contribution in [3.63, 3.8) is 0 Å². The first kappa shape index (κ1) is 19.9. The molecular formula is C19H33NO. The number of aryl methyl sites for hydroxylation is 2. The molecule has 0 radical (unpaired) electrons. The van der Waals surface area contributed by atoms with Gasteiger partial charge in [-0.1, -0.05) is 45.9 Å². The molecule has 1 aliphatic rings. The first-order chi connectivity index (χ1) is 10.1. The van der Waals surface area contributed by atoms with Crippen molar-refractivity contribution in [2.75, 3.05) is 6.54 Å². The van der Waals surface area contributed by atoms with E-state index in [0.717, 1.165) is 13.0 Å². The van der Waals surface area contributed by atoms with Crippen molar-refractivity contribution in [3.05, 3.63) is 34.9 Å². The first-order valence-corrected chi connectivity index (χ1v) is 8.38. The summed E-state index contributed by atoms with van der Waals surface area (Å²) < 4.78 is 0. The lowest BCUT2D eigenvalue weighted by Gasteiger charge is -2.19. The molecule has 21 heavy (non-hydrogen) atoms. The van der Waals surface area contributed by atoms with Gasteiger partial charge < -0.3 is 5.32 Å². The maximum absolute atomic E-state index is 11.3. The smallest absolute Gasteiger partial charge is 0.131 e. The van der Waals surface area contributed by atoms with E-state index in [-0.39, 0.29) is 5.78 Å². The van der Waals surface area contributed by atoms with Crippen molar-refractivity contribution in [2.45, 2.75) is 73.3 Å². The molecule has 0 aliphatic carbocycles. The molecule has 1 aliphatic heterocycles. The Kier molecular flexibility index (Phi) is 9.98. The minimum absolute atomic E-state index is 0.276. The van der Waals surface area contributed by atoms with Gasteiger partial charge in [-0.05, 0) is 50.4 Å². The summed E-state index contributed by atoms with van der Waals surface area (Å²) in [5.41, 5.74) is 4.06. The van der Waals surface area contributed by atoms with Gasteiger partial charge in [0.05, 0.1) is 0 Å². The third kappa shape index (κ3) is 6.01. The van der Waals surface area contributed by atoms with Gasteiger partial charge in [0, 0.05) is 18.4 Å². The molecule has 0 amide bonds. The monoisotopic (exact) mass is 291 g/mol. The molecule has 2 rings (SSSR count). The van der Waals surface area contributed by atoms with Crippen LogP contribution in [-0.2, 0) is 4.79 Å². The number of carbonyl (C=O) groups is 1. The zero-order valence-electron chi connectivity index (χ0n) is 14.9. The van der Waals surface area contributed by atoms with Crippen molar-refractivity contribution in [2.24, 2.45) is 0 Å². The lowest BCUT2D eigenvalue weighted by molar-refractivity contribution is -0.117. The molecule has 0 aromatic heterocycles. The second kappa shape index (κ2) is 10.6. The minimum atomic E-state index is 0.276. The molecule has 0 spiro atoms. The normalized spacial score (nSPS) is 20.0. The molecule has 0 saturated carbocycles. The number of benzene rings is 1. The van der Waals surface area contributed by atoms with E-state index in [1.807, 2.05) is 27.7 Å². The standard InChI is InChI=1S/C15H21NO.2C2H6/c1-10-4-5-13(8-11(10)2)14-6-7-16-15(14)9-12(3)17;2*1-2/h4-5,8,14-16H,6-7,9H2,1-3H3;2*1-2H3. The molecule has 2 heteroatoms. The van der Waals surface area contributed by atoms with Gasteiger partial charge in [0.2, 0.25) is 0 Å². The molecule has 120 valence electrons. The average Bonchev–Trinajstić information content (AvgIpc) is 2.93.